The van der Waals surface area contributed by atoms with E-state index in [1.54, 1.807) is 0 Å². The average Bonchev–Trinajstić information content (AvgIpc) is 2.41. The van der Waals surface area contributed by atoms with Crippen LogP contribution in [0.3, 0.4) is 0 Å². The number of carboxylic acid groups (broad SMARTS) is 1. The number of nitrogens with zero attached hydrogens (tertiary/aromatic N) is 1. The number of thioether (sulfide) groups is 1. The molecule has 0 amide bonds. The molecule has 1 aromatic rings. The highest BCUT2D eigenvalue weighted by molar-refractivity contribution is 7.99. The van der Waals surface area contributed by atoms with Crippen LogP contribution in [0.5, 0.6) is 0 Å². The fraction of sp³-hybridized carbons (Fsp3) is 0.417. The van der Waals surface area contributed by atoms with Crippen molar-refractivity contribution in [3.8, 4) is 0 Å². The molecular weight excluding hydrogens is 304 g/mol. The molecule has 1 aromatic carbocycles. The normalized spacial score (nSPS) is 15.8. The number of hydrogen-bond donors (Lipinski definition) is 2. The van der Waals surface area contributed by atoms with Gasteiger partial charge >= 0.3 is 5.97 Å². The highest BCUT2D eigenvalue weighted by atomic mass is 35.5. The molecule has 8 heteroatoms. The van der Waals surface area contributed by atoms with E-state index in [-0.39, 0.29) is 28.0 Å². The largest absolute Gasteiger partial charge is 0.478 e. The van der Waals surface area contributed by atoms with Crippen LogP contribution in [-0.4, -0.2) is 33.5 Å². The van der Waals surface area contributed by atoms with E-state index in [0.29, 0.717) is 0 Å². The molecule has 1 aliphatic heterocycles. The summed E-state index contributed by atoms with van der Waals surface area (Å²) in [7, 11) is 0. The lowest BCUT2D eigenvalue weighted by atomic mass is 10.1. The second-order valence-corrected chi connectivity index (χ2v) is 6.08. The van der Waals surface area contributed by atoms with E-state index in [4.69, 9.17) is 11.6 Å². The predicted molar refractivity (Wildman–Crippen MR) is 79.0 cm³/mol. The van der Waals surface area contributed by atoms with E-state index in [1.165, 1.54) is 6.07 Å². The van der Waals surface area contributed by atoms with Gasteiger partial charge in [0.15, 0.2) is 0 Å². The lowest BCUT2D eigenvalue weighted by Crippen LogP contribution is -2.25. The van der Waals surface area contributed by atoms with Crippen molar-refractivity contribution in [2.24, 2.45) is 0 Å². The molecule has 1 fully saturated rings. The molecule has 0 atom stereocenters. The van der Waals surface area contributed by atoms with Crippen LogP contribution in [-0.2, 0) is 0 Å². The standard InChI is InChI=1S/C12H13ClN2O4S/c13-10-6-8(15(18)19)5-9(12(16)17)11(10)14-7-1-3-20-4-2-7/h5-7,14H,1-4H2,(H,16,17). The van der Waals surface area contributed by atoms with Crippen LogP contribution in [0.1, 0.15) is 23.2 Å². The van der Waals surface area contributed by atoms with E-state index in [1.807, 2.05) is 11.8 Å². The predicted octanol–water partition coefficient (Wildman–Crippen LogP) is 3.25. The number of carboxylic acids is 1. The number of nitrogens with one attached hydrogen (secondary N) is 1. The van der Waals surface area contributed by atoms with Crippen LogP contribution in [0.4, 0.5) is 11.4 Å². The lowest BCUT2D eigenvalue weighted by Gasteiger charge is -2.24. The minimum Gasteiger partial charge on any atom is -0.478 e. The molecule has 1 heterocycles. The number of aromatic carboxylic acids is 1. The maximum atomic E-state index is 11.3. The summed E-state index contributed by atoms with van der Waals surface area (Å²) < 4.78 is 0. The SMILES string of the molecule is O=C(O)c1cc([N+](=O)[O-])cc(Cl)c1NC1CCSCC1. The Labute approximate surface area is 124 Å². The topological polar surface area (TPSA) is 92.5 Å². The fourth-order valence-corrected chi connectivity index (χ4v) is 3.43. The van der Waals surface area contributed by atoms with E-state index < -0.39 is 10.9 Å². The fourth-order valence-electron chi connectivity index (χ4n) is 2.06. The first-order valence-corrected chi connectivity index (χ1v) is 7.58. The summed E-state index contributed by atoms with van der Waals surface area (Å²) in [6, 6.07) is 2.36. The molecule has 108 valence electrons. The van der Waals surface area contributed by atoms with Gasteiger partial charge in [0, 0.05) is 18.2 Å². The Morgan fingerprint density at radius 3 is 2.65 bits per heavy atom. The Bertz CT molecular complexity index is 547. The lowest BCUT2D eigenvalue weighted by molar-refractivity contribution is -0.384. The third-order valence-corrected chi connectivity index (χ3v) is 4.43. The second kappa shape index (κ2) is 6.32. The third-order valence-electron chi connectivity index (χ3n) is 3.09. The number of carbonyl (C=O) groups is 1. The van der Waals surface area contributed by atoms with Crippen molar-refractivity contribution in [3.63, 3.8) is 0 Å². The zero-order chi connectivity index (χ0) is 14.7. The maximum Gasteiger partial charge on any atom is 0.338 e. The van der Waals surface area contributed by atoms with Gasteiger partial charge in [-0.2, -0.15) is 11.8 Å². The zero-order valence-electron chi connectivity index (χ0n) is 10.5. The number of rotatable bonds is 4. The van der Waals surface area contributed by atoms with E-state index in [0.717, 1.165) is 30.4 Å². The summed E-state index contributed by atoms with van der Waals surface area (Å²) in [5.74, 6) is 0.776. The summed E-state index contributed by atoms with van der Waals surface area (Å²) in [6.45, 7) is 0. The number of non-ortho nitro benzene ring substituents is 1. The van der Waals surface area contributed by atoms with Gasteiger partial charge in [0.2, 0.25) is 0 Å². The van der Waals surface area contributed by atoms with Gasteiger partial charge < -0.3 is 10.4 Å². The molecule has 0 unspecified atom stereocenters. The van der Waals surface area contributed by atoms with Crippen LogP contribution in [0, 0.1) is 10.1 Å². The molecule has 6 nitrogen and oxygen atoms in total. The van der Waals surface area contributed by atoms with Gasteiger partial charge in [0.25, 0.3) is 5.69 Å². The van der Waals surface area contributed by atoms with Gasteiger partial charge in [-0.05, 0) is 24.3 Å². The van der Waals surface area contributed by atoms with E-state index in [9.17, 15) is 20.0 Å². The first-order valence-electron chi connectivity index (χ1n) is 6.04. The number of halogens is 1. The Hall–Kier alpha value is -1.47. The molecule has 20 heavy (non-hydrogen) atoms. The molecule has 0 aromatic heterocycles. The maximum absolute atomic E-state index is 11.3. The van der Waals surface area contributed by atoms with Crippen molar-refractivity contribution in [2.45, 2.75) is 18.9 Å². The van der Waals surface area contributed by atoms with Crippen LogP contribution in [0.2, 0.25) is 5.02 Å². The van der Waals surface area contributed by atoms with Crippen molar-refractivity contribution in [2.75, 3.05) is 16.8 Å². The summed E-state index contributed by atoms with van der Waals surface area (Å²) in [4.78, 5) is 21.4. The van der Waals surface area contributed by atoms with Crippen LogP contribution < -0.4 is 5.32 Å². The number of nitro groups is 1. The molecule has 0 radical (unpaired) electrons. The number of nitro benzene ring substituents is 1. The molecule has 0 saturated carbocycles. The molecule has 0 spiro atoms. The van der Waals surface area contributed by atoms with Crippen LogP contribution >= 0.6 is 23.4 Å². The molecule has 1 aliphatic rings. The number of hydrogen-bond acceptors (Lipinski definition) is 5. The van der Waals surface area contributed by atoms with Crippen molar-refractivity contribution in [1.29, 1.82) is 0 Å². The van der Waals surface area contributed by atoms with Crippen molar-refractivity contribution in [1.82, 2.24) is 0 Å². The average molecular weight is 317 g/mol. The van der Waals surface area contributed by atoms with Crippen molar-refractivity contribution < 1.29 is 14.8 Å². The van der Waals surface area contributed by atoms with Gasteiger partial charge in [-0.3, -0.25) is 10.1 Å². The monoisotopic (exact) mass is 316 g/mol. The van der Waals surface area contributed by atoms with Gasteiger partial charge in [0.05, 0.1) is 21.2 Å². The van der Waals surface area contributed by atoms with Gasteiger partial charge in [-0.1, -0.05) is 11.6 Å². The second-order valence-electron chi connectivity index (χ2n) is 4.44. The number of anilines is 1. The molecular formula is C12H13ClN2O4S. The molecule has 1 saturated heterocycles. The molecule has 0 bridgehead atoms. The quantitative estimate of drug-likeness (QED) is 0.654. The highest BCUT2D eigenvalue weighted by Crippen LogP contribution is 2.33. The Morgan fingerprint density at radius 2 is 2.10 bits per heavy atom. The highest BCUT2D eigenvalue weighted by Gasteiger charge is 2.23. The Balaban J connectivity index is 2.35. The first kappa shape index (κ1) is 14.9. The molecule has 2 rings (SSSR count). The first-order chi connectivity index (χ1) is 9.49. The molecule has 2 N–H and O–H groups in total. The van der Waals surface area contributed by atoms with Crippen LogP contribution in [0.15, 0.2) is 12.1 Å². The zero-order valence-corrected chi connectivity index (χ0v) is 12.0. The number of benzene rings is 1. The summed E-state index contributed by atoms with van der Waals surface area (Å²) >= 11 is 7.86. The Kier molecular flexibility index (Phi) is 4.72. The van der Waals surface area contributed by atoms with Gasteiger partial charge in [0.1, 0.15) is 0 Å². The summed E-state index contributed by atoms with van der Waals surface area (Å²) in [5.41, 5.74) is -0.221. The van der Waals surface area contributed by atoms with E-state index in [2.05, 4.69) is 5.32 Å². The van der Waals surface area contributed by atoms with E-state index >= 15 is 0 Å². The van der Waals surface area contributed by atoms with Gasteiger partial charge in [-0.15, -0.1) is 0 Å². The van der Waals surface area contributed by atoms with Crippen LogP contribution in [0.25, 0.3) is 0 Å². The smallest absolute Gasteiger partial charge is 0.338 e. The summed E-state index contributed by atoms with van der Waals surface area (Å²) in [6.07, 6.45) is 1.83. The minimum absolute atomic E-state index is 0.0647. The van der Waals surface area contributed by atoms with Gasteiger partial charge in [-0.25, -0.2) is 4.79 Å². The minimum atomic E-state index is -1.23. The van der Waals surface area contributed by atoms with Crippen molar-refractivity contribution >= 4 is 40.7 Å². The third kappa shape index (κ3) is 3.34. The molecule has 0 aliphatic carbocycles. The summed E-state index contributed by atoms with van der Waals surface area (Å²) in [5, 5.41) is 23.1. The van der Waals surface area contributed by atoms with Crippen molar-refractivity contribution in [3.05, 3.63) is 32.8 Å². The Morgan fingerprint density at radius 1 is 1.45 bits per heavy atom.